The summed E-state index contributed by atoms with van der Waals surface area (Å²) in [5, 5.41) is 9.53. The summed E-state index contributed by atoms with van der Waals surface area (Å²) in [5.41, 5.74) is 7.11. The minimum Gasteiger partial charge on any atom is -0.506 e. The van der Waals surface area contributed by atoms with Crippen LogP contribution in [0.15, 0.2) is 24.4 Å². The molecule has 1 aromatic carbocycles. The average molecular weight is 212 g/mol. The van der Waals surface area contributed by atoms with Crippen LogP contribution in [0.1, 0.15) is 5.56 Å². The summed E-state index contributed by atoms with van der Waals surface area (Å²) in [4.78, 5) is 2.87. The van der Waals surface area contributed by atoms with E-state index in [0.717, 1.165) is 11.1 Å². The van der Waals surface area contributed by atoms with Gasteiger partial charge in [0.2, 0.25) is 0 Å². The largest absolute Gasteiger partial charge is 0.506 e. The van der Waals surface area contributed by atoms with Crippen LogP contribution in [0, 0.1) is 0 Å². The minimum atomic E-state index is 0.0660. The Kier molecular flexibility index (Phi) is 3.54. The van der Waals surface area contributed by atoms with Gasteiger partial charge in [0.15, 0.2) is 6.21 Å². The number of rotatable bonds is 2. The van der Waals surface area contributed by atoms with Crippen LogP contribution in [0.2, 0.25) is 5.02 Å². The molecule has 0 saturated heterocycles. The van der Waals surface area contributed by atoms with Crippen molar-refractivity contribution in [3.8, 4) is 5.75 Å². The number of phenols is 1. The van der Waals surface area contributed by atoms with Gasteiger partial charge in [0.05, 0.1) is 10.6 Å². The Bertz CT molecular complexity index is 386. The Balaban J connectivity index is 3.13. The second-order valence-electron chi connectivity index (χ2n) is 2.72. The summed E-state index contributed by atoms with van der Waals surface area (Å²) in [6.07, 6.45) is 3.22. The summed E-state index contributed by atoms with van der Waals surface area (Å²) < 4.78 is 0. The lowest BCUT2D eigenvalue weighted by Crippen LogP contribution is -2.63. The van der Waals surface area contributed by atoms with E-state index in [1.165, 1.54) is 12.3 Å². The van der Waals surface area contributed by atoms with E-state index < -0.39 is 0 Å². The number of allylic oxidation sites excluding steroid dienone is 1. The Morgan fingerprint density at radius 1 is 1.57 bits per heavy atom. The molecule has 0 heterocycles. The van der Waals surface area contributed by atoms with Crippen molar-refractivity contribution in [3.05, 3.63) is 35.0 Å². The van der Waals surface area contributed by atoms with Crippen LogP contribution in [0.3, 0.4) is 0 Å². The third-order valence-corrected chi connectivity index (χ3v) is 2.06. The third-order valence-electron chi connectivity index (χ3n) is 1.76. The van der Waals surface area contributed by atoms with Crippen molar-refractivity contribution in [2.24, 2.45) is 5.73 Å². The fraction of sp³-hybridized carbons (Fsp3) is 0.100. The van der Waals surface area contributed by atoms with E-state index in [9.17, 15) is 5.11 Å². The lowest BCUT2D eigenvalue weighted by molar-refractivity contribution is -0.412. The molecule has 4 N–H and O–H groups in total. The summed E-state index contributed by atoms with van der Waals surface area (Å²) in [6.45, 7) is 0. The molecule has 14 heavy (non-hydrogen) atoms. The molecule has 0 aliphatic heterocycles. The van der Waals surface area contributed by atoms with E-state index in [0.29, 0.717) is 5.02 Å². The fourth-order valence-electron chi connectivity index (χ4n) is 1.07. The second kappa shape index (κ2) is 4.67. The van der Waals surface area contributed by atoms with Gasteiger partial charge in [0.25, 0.3) is 0 Å². The molecule has 0 atom stereocenters. The molecule has 0 spiro atoms. The van der Waals surface area contributed by atoms with Crippen LogP contribution in [0.5, 0.6) is 5.75 Å². The lowest BCUT2D eigenvalue weighted by Gasteiger charge is -2.01. The molecule has 0 unspecified atom stereocenters. The van der Waals surface area contributed by atoms with Gasteiger partial charge >= 0.3 is 0 Å². The maximum absolute atomic E-state index is 9.22. The first-order chi connectivity index (χ1) is 6.69. The van der Waals surface area contributed by atoms with Gasteiger partial charge in [-0.3, -0.25) is 4.99 Å². The maximum Gasteiger partial charge on any atom is 0.170 e. The van der Waals surface area contributed by atoms with Crippen LogP contribution in [-0.2, 0) is 0 Å². The summed E-state index contributed by atoms with van der Waals surface area (Å²) >= 11 is 5.76. The van der Waals surface area contributed by atoms with Crippen molar-refractivity contribution >= 4 is 23.4 Å². The standard InChI is InChI=1S/C10H11ClN2O/c1-13-6-8(5-12)7-2-3-10(14)9(11)4-7/h2-6,14H,12H2,1H3/p+1. The smallest absolute Gasteiger partial charge is 0.170 e. The molecule has 3 nitrogen and oxygen atoms in total. The van der Waals surface area contributed by atoms with Crippen molar-refractivity contribution in [1.82, 2.24) is 0 Å². The number of halogens is 1. The molecule has 0 fully saturated rings. The van der Waals surface area contributed by atoms with Crippen molar-refractivity contribution < 1.29 is 10.1 Å². The second-order valence-corrected chi connectivity index (χ2v) is 3.13. The molecule has 4 heteroatoms. The van der Waals surface area contributed by atoms with Crippen LogP contribution < -0.4 is 10.7 Å². The first kappa shape index (κ1) is 10.6. The zero-order valence-electron chi connectivity index (χ0n) is 7.79. The first-order valence-electron chi connectivity index (χ1n) is 4.10. The molecule has 1 rings (SSSR count). The molecular formula is C10H12ClN2O+. The average Bonchev–Trinajstić information content (AvgIpc) is 2.19. The van der Waals surface area contributed by atoms with Gasteiger partial charge in [0.1, 0.15) is 12.8 Å². The predicted molar refractivity (Wildman–Crippen MR) is 58.2 cm³/mol. The number of benzene rings is 1. The normalized spacial score (nSPS) is 12.3. The van der Waals surface area contributed by atoms with Gasteiger partial charge < -0.3 is 10.8 Å². The maximum atomic E-state index is 9.22. The van der Waals surface area contributed by atoms with Gasteiger partial charge in [-0.2, -0.15) is 0 Å². The van der Waals surface area contributed by atoms with Crippen molar-refractivity contribution in [3.63, 3.8) is 0 Å². The first-order valence-corrected chi connectivity index (χ1v) is 4.48. The quantitative estimate of drug-likeness (QED) is 0.609. The Hall–Kier alpha value is -1.48. The summed E-state index contributed by atoms with van der Waals surface area (Å²) in [5.74, 6) is 0.0660. The van der Waals surface area contributed by atoms with Crippen molar-refractivity contribution in [2.45, 2.75) is 0 Å². The van der Waals surface area contributed by atoms with Crippen LogP contribution >= 0.6 is 11.6 Å². The molecule has 0 saturated carbocycles. The van der Waals surface area contributed by atoms with E-state index in [1.807, 2.05) is 0 Å². The van der Waals surface area contributed by atoms with E-state index in [2.05, 4.69) is 4.99 Å². The van der Waals surface area contributed by atoms with E-state index in [4.69, 9.17) is 17.3 Å². The zero-order chi connectivity index (χ0) is 10.6. The molecule has 0 aromatic heterocycles. The van der Waals surface area contributed by atoms with Gasteiger partial charge in [-0.1, -0.05) is 17.7 Å². The van der Waals surface area contributed by atoms with Gasteiger partial charge in [-0.05, 0) is 17.7 Å². The molecule has 0 aliphatic carbocycles. The zero-order valence-corrected chi connectivity index (χ0v) is 8.55. The molecule has 0 bridgehead atoms. The highest BCUT2D eigenvalue weighted by Gasteiger charge is 2.04. The molecule has 0 amide bonds. The molecule has 74 valence electrons. The summed E-state index contributed by atoms with van der Waals surface area (Å²) in [6, 6.07) is 4.93. The third kappa shape index (κ3) is 2.26. The lowest BCUT2D eigenvalue weighted by atomic mass is 10.1. The van der Waals surface area contributed by atoms with Gasteiger partial charge in [0, 0.05) is 6.20 Å². The Labute approximate surface area is 87.5 Å². The highest BCUT2D eigenvalue weighted by Crippen LogP contribution is 2.25. The molecule has 0 aliphatic rings. The molecule has 1 aromatic rings. The van der Waals surface area contributed by atoms with Crippen LogP contribution in [-0.4, -0.2) is 18.4 Å². The number of hydrogen-bond donors (Lipinski definition) is 3. The monoisotopic (exact) mass is 211 g/mol. The fourth-order valence-corrected chi connectivity index (χ4v) is 1.25. The topological polar surface area (TPSA) is 60.2 Å². The van der Waals surface area contributed by atoms with Crippen LogP contribution in [0.25, 0.3) is 5.57 Å². The van der Waals surface area contributed by atoms with Gasteiger partial charge in [-0.25, -0.2) is 0 Å². The Morgan fingerprint density at radius 3 is 2.79 bits per heavy atom. The number of phenolic OH excluding ortho intramolecular Hbond substituents is 1. The highest BCUT2D eigenvalue weighted by atomic mass is 35.5. The van der Waals surface area contributed by atoms with E-state index in [1.54, 1.807) is 25.4 Å². The van der Waals surface area contributed by atoms with E-state index >= 15 is 0 Å². The highest BCUT2D eigenvalue weighted by molar-refractivity contribution is 6.32. The van der Waals surface area contributed by atoms with Crippen LogP contribution in [0.4, 0.5) is 0 Å². The number of aromatic hydroxyl groups is 1. The SMILES string of the molecule is C[NH+]=CC(=CN)c1ccc(O)c(Cl)c1. The number of nitrogens with one attached hydrogen (secondary N) is 1. The Morgan fingerprint density at radius 2 is 2.29 bits per heavy atom. The van der Waals surface area contributed by atoms with E-state index in [-0.39, 0.29) is 5.75 Å². The number of nitrogens with two attached hydrogens (primary N) is 1. The minimum absolute atomic E-state index is 0.0660. The summed E-state index contributed by atoms with van der Waals surface area (Å²) in [7, 11) is 1.78. The van der Waals surface area contributed by atoms with Crippen molar-refractivity contribution in [2.75, 3.05) is 7.05 Å². The van der Waals surface area contributed by atoms with Crippen molar-refractivity contribution in [1.29, 1.82) is 0 Å². The number of hydrogen-bond acceptors (Lipinski definition) is 2. The molecular weight excluding hydrogens is 200 g/mol. The van der Waals surface area contributed by atoms with Gasteiger partial charge in [-0.15, -0.1) is 0 Å². The predicted octanol–water partition coefficient (Wildman–Crippen LogP) is 0.126. The molecule has 0 radical (unpaired) electrons.